The molecule has 0 amide bonds. The van der Waals surface area contributed by atoms with Crippen LogP contribution in [0.5, 0.6) is 0 Å². The summed E-state index contributed by atoms with van der Waals surface area (Å²) in [6, 6.07) is 6.92. The molecule has 0 spiro atoms. The molecule has 1 aromatic carbocycles. The topological polar surface area (TPSA) is 72.6 Å². The zero-order chi connectivity index (χ0) is 14.3. The van der Waals surface area contributed by atoms with Crippen LogP contribution in [0, 0.1) is 6.92 Å². The van der Waals surface area contributed by atoms with Gasteiger partial charge < -0.3 is 10.5 Å². The van der Waals surface area contributed by atoms with E-state index in [1.54, 1.807) is 25.3 Å². The van der Waals surface area contributed by atoms with Crippen LogP contribution in [0.2, 0.25) is 0 Å². The molecule has 1 aromatic rings. The zero-order valence-corrected chi connectivity index (χ0v) is 12.3. The molecule has 108 valence electrons. The number of sulfonamides is 1. The van der Waals surface area contributed by atoms with Crippen LogP contribution in [0.15, 0.2) is 29.2 Å². The van der Waals surface area contributed by atoms with Crippen molar-refractivity contribution in [3.05, 3.63) is 29.8 Å². The van der Waals surface area contributed by atoms with Crippen LogP contribution in [-0.4, -0.2) is 46.1 Å². The van der Waals surface area contributed by atoms with Gasteiger partial charge >= 0.3 is 0 Å². The second kappa shape index (κ2) is 7.59. The Hall–Kier alpha value is -0.950. The van der Waals surface area contributed by atoms with Crippen molar-refractivity contribution in [1.82, 2.24) is 4.31 Å². The molecule has 0 radical (unpaired) electrons. The monoisotopic (exact) mass is 286 g/mol. The molecule has 6 heteroatoms. The van der Waals surface area contributed by atoms with Crippen molar-refractivity contribution < 1.29 is 13.2 Å². The van der Waals surface area contributed by atoms with E-state index in [4.69, 9.17) is 10.5 Å². The molecule has 0 fully saturated rings. The maximum absolute atomic E-state index is 12.5. The number of benzene rings is 1. The maximum Gasteiger partial charge on any atom is 0.243 e. The highest BCUT2D eigenvalue weighted by Crippen LogP contribution is 2.17. The van der Waals surface area contributed by atoms with Gasteiger partial charge in [0.1, 0.15) is 0 Å². The van der Waals surface area contributed by atoms with Crippen molar-refractivity contribution in [1.29, 1.82) is 0 Å². The van der Waals surface area contributed by atoms with Crippen molar-refractivity contribution in [3.8, 4) is 0 Å². The molecule has 0 aliphatic carbocycles. The summed E-state index contributed by atoms with van der Waals surface area (Å²) in [4.78, 5) is 0.320. The summed E-state index contributed by atoms with van der Waals surface area (Å²) in [5, 5.41) is 0. The largest absolute Gasteiger partial charge is 0.383 e. The molecule has 0 saturated carbocycles. The minimum atomic E-state index is -3.47. The molecule has 0 aliphatic heterocycles. The zero-order valence-electron chi connectivity index (χ0n) is 11.5. The van der Waals surface area contributed by atoms with Gasteiger partial charge in [0.15, 0.2) is 0 Å². The highest BCUT2D eigenvalue weighted by Gasteiger charge is 2.23. The van der Waals surface area contributed by atoms with Crippen LogP contribution in [0.25, 0.3) is 0 Å². The number of hydrogen-bond acceptors (Lipinski definition) is 4. The van der Waals surface area contributed by atoms with E-state index in [1.165, 1.54) is 4.31 Å². The van der Waals surface area contributed by atoms with E-state index in [2.05, 4.69) is 0 Å². The Morgan fingerprint density at radius 3 is 2.63 bits per heavy atom. The van der Waals surface area contributed by atoms with Gasteiger partial charge in [0.05, 0.1) is 11.5 Å². The summed E-state index contributed by atoms with van der Waals surface area (Å²) in [5.41, 5.74) is 6.38. The molecule has 5 nitrogen and oxygen atoms in total. The fourth-order valence-corrected chi connectivity index (χ4v) is 3.31. The fraction of sp³-hybridized carbons (Fsp3) is 0.538. The SMILES string of the molecule is COCCN(CCCN)S(=O)(=O)c1cccc(C)c1. The summed E-state index contributed by atoms with van der Waals surface area (Å²) in [5.74, 6) is 0. The lowest BCUT2D eigenvalue weighted by Crippen LogP contribution is -2.35. The van der Waals surface area contributed by atoms with Gasteiger partial charge in [-0.15, -0.1) is 0 Å². The van der Waals surface area contributed by atoms with E-state index in [9.17, 15) is 8.42 Å². The van der Waals surface area contributed by atoms with Crippen LogP contribution in [0.1, 0.15) is 12.0 Å². The Morgan fingerprint density at radius 1 is 1.32 bits per heavy atom. The van der Waals surface area contributed by atoms with E-state index < -0.39 is 10.0 Å². The van der Waals surface area contributed by atoms with Gasteiger partial charge in [-0.2, -0.15) is 4.31 Å². The first kappa shape index (κ1) is 16.1. The Morgan fingerprint density at radius 2 is 2.05 bits per heavy atom. The van der Waals surface area contributed by atoms with E-state index in [0.717, 1.165) is 5.56 Å². The Kier molecular flexibility index (Phi) is 6.44. The van der Waals surface area contributed by atoms with Crippen molar-refractivity contribution in [2.24, 2.45) is 5.73 Å². The molecule has 0 heterocycles. The Balaban J connectivity index is 2.97. The highest BCUT2D eigenvalue weighted by molar-refractivity contribution is 7.89. The van der Waals surface area contributed by atoms with Gasteiger partial charge in [0.2, 0.25) is 10.0 Å². The lowest BCUT2D eigenvalue weighted by atomic mass is 10.2. The third-order valence-corrected chi connectivity index (χ3v) is 4.68. The highest BCUT2D eigenvalue weighted by atomic mass is 32.2. The molecule has 0 aromatic heterocycles. The predicted molar refractivity (Wildman–Crippen MR) is 75.5 cm³/mol. The molecule has 0 atom stereocenters. The normalized spacial score (nSPS) is 12.0. The molecule has 2 N–H and O–H groups in total. The summed E-state index contributed by atoms with van der Waals surface area (Å²) in [7, 11) is -1.91. The number of nitrogens with zero attached hydrogens (tertiary/aromatic N) is 1. The first-order valence-electron chi connectivity index (χ1n) is 6.28. The third kappa shape index (κ3) is 4.58. The van der Waals surface area contributed by atoms with Crippen LogP contribution in [0.3, 0.4) is 0 Å². The minimum absolute atomic E-state index is 0.320. The van der Waals surface area contributed by atoms with Crippen molar-refractivity contribution in [2.75, 3.05) is 33.4 Å². The molecule has 0 unspecified atom stereocenters. The Labute approximate surface area is 115 Å². The van der Waals surface area contributed by atoms with Crippen LogP contribution in [0.4, 0.5) is 0 Å². The summed E-state index contributed by atoms with van der Waals surface area (Å²) < 4.78 is 31.5. The smallest absolute Gasteiger partial charge is 0.243 e. The van der Waals surface area contributed by atoms with Gasteiger partial charge in [0.25, 0.3) is 0 Å². The molecule has 0 aliphatic rings. The summed E-state index contributed by atoms with van der Waals surface area (Å²) in [6.07, 6.45) is 0.634. The first-order chi connectivity index (χ1) is 9.02. The van der Waals surface area contributed by atoms with Gasteiger partial charge in [-0.1, -0.05) is 12.1 Å². The summed E-state index contributed by atoms with van der Waals surface area (Å²) >= 11 is 0. The van der Waals surface area contributed by atoms with Gasteiger partial charge in [-0.3, -0.25) is 0 Å². The van der Waals surface area contributed by atoms with Crippen molar-refractivity contribution in [2.45, 2.75) is 18.2 Å². The fourth-order valence-electron chi connectivity index (χ4n) is 1.74. The second-order valence-corrected chi connectivity index (χ2v) is 6.29. The average Bonchev–Trinajstić information content (AvgIpc) is 2.38. The lowest BCUT2D eigenvalue weighted by Gasteiger charge is -2.21. The van der Waals surface area contributed by atoms with E-state index in [-0.39, 0.29) is 0 Å². The predicted octanol–water partition coefficient (Wildman–Crippen LogP) is 0.981. The number of rotatable bonds is 8. The summed E-state index contributed by atoms with van der Waals surface area (Å²) in [6.45, 7) is 3.46. The van der Waals surface area contributed by atoms with Crippen LogP contribution in [-0.2, 0) is 14.8 Å². The minimum Gasteiger partial charge on any atom is -0.383 e. The van der Waals surface area contributed by atoms with E-state index >= 15 is 0 Å². The molecular formula is C13H22N2O3S. The number of nitrogens with two attached hydrogens (primary N) is 1. The lowest BCUT2D eigenvalue weighted by molar-refractivity contribution is 0.178. The first-order valence-corrected chi connectivity index (χ1v) is 7.72. The molecular weight excluding hydrogens is 264 g/mol. The van der Waals surface area contributed by atoms with Crippen molar-refractivity contribution in [3.63, 3.8) is 0 Å². The Bertz CT molecular complexity index is 480. The quantitative estimate of drug-likeness (QED) is 0.773. The van der Waals surface area contributed by atoms with Gasteiger partial charge in [0, 0.05) is 20.2 Å². The number of ether oxygens (including phenoxy) is 1. The van der Waals surface area contributed by atoms with E-state index in [1.807, 2.05) is 13.0 Å². The third-order valence-electron chi connectivity index (χ3n) is 2.78. The second-order valence-electron chi connectivity index (χ2n) is 4.36. The van der Waals surface area contributed by atoms with Gasteiger partial charge in [-0.25, -0.2) is 8.42 Å². The maximum atomic E-state index is 12.5. The molecule has 1 rings (SSSR count). The standard InChI is InChI=1S/C13H22N2O3S/c1-12-5-3-6-13(11-12)19(16,17)15(8-4-7-14)9-10-18-2/h3,5-6,11H,4,7-10,14H2,1-2H3. The van der Waals surface area contributed by atoms with Crippen molar-refractivity contribution >= 4 is 10.0 Å². The van der Waals surface area contributed by atoms with Gasteiger partial charge in [-0.05, 0) is 37.6 Å². The van der Waals surface area contributed by atoms with E-state index in [0.29, 0.717) is 37.6 Å². The number of methoxy groups -OCH3 is 1. The number of aryl methyl sites for hydroxylation is 1. The molecule has 0 bridgehead atoms. The number of hydrogen-bond donors (Lipinski definition) is 1. The van der Waals surface area contributed by atoms with Crippen LogP contribution < -0.4 is 5.73 Å². The average molecular weight is 286 g/mol. The van der Waals surface area contributed by atoms with Crippen LogP contribution >= 0.6 is 0 Å². The molecule has 19 heavy (non-hydrogen) atoms. The molecule has 0 saturated heterocycles.